The van der Waals surface area contributed by atoms with Crippen LogP contribution in [0.25, 0.3) is 0 Å². The SMILES string of the molecule is CC(C)(CC(=O)O)CC(=O)NCCS(C)(=O)=O. The second kappa shape index (κ2) is 6.00. The molecule has 0 saturated heterocycles. The number of carboxylic acids is 1. The number of carbonyl (C=O) groups is 2. The predicted octanol–water partition coefficient (Wildman–Crippen LogP) is 0.0382. The molecular weight excluding hydrogens is 246 g/mol. The van der Waals surface area contributed by atoms with E-state index in [1.807, 2.05) is 0 Å². The number of hydrogen-bond donors (Lipinski definition) is 2. The zero-order chi connectivity index (χ0) is 13.7. The van der Waals surface area contributed by atoms with E-state index in [1.54, 1.807) is 13.8 Å². The van der Waals surface area contributed by atoms with Crippen LogP contribution in [-0.2, 0) is 19.4 Å². The average Bonchev–Trinajstić information content (AvgIpc) is 1.95. The van der Waals surface area contributed by atoms with E-state index in [2.05, 4.69) is 5.32 Å². The van der Waals surface area contributed by atoms with Crippen molar-refractivity contribution in [3.05, 3.63) is 0 Å². The van der Waals surface area contributed by atoms with Gasteiger partial charge in [0.05, 0.1) is 12.2 Å². The smallest absolute Gasteiger partial charge is 0.303 e. The standard InChI is InChI=1S/C10H19NO5S/c1-10(2,7-9(13)14)6-8(12)11-4-5-17(3,15)16/h4-7H2,1-3H3,(H,11,12)(H,13,14). The highest BCUT2D eigenvalue weighted by atomic mass is 32.2. The molecule has 2 N–H and O–H groups in total. The normalized spacial score (nSPS) is 12.2. The topological polar surface area (TPSA) is 101 Å². The number of hydrogen-bond acceptors (Lipinski definition) is 4. The largest absolute Gasteiger partial charge is 0.481 e. The molecule has 0 aromatic heterocycles. The van der Waals surface area contributed by atoms with Gasteiger partial charge in [0.15, 0.2) is 0 Å². The Labute approximate surface area is 101 Å². The first-order chi connectivity index (χ1) is 7.52. The van der Waals surface area contributed by atoms with E-state index in [4.69, 9.17) is 5.11 Å². The van der Waals surface area contributed by atoms with Crippen molar-refractivity contribution in [3.8, 4) is 0 Å². The lowest BCUT2D eigenvalue weighted by Crippen LogP contribution is -2.33. The fraction of sp³-hybridized carbons (Fsp3) is 0.800. The van der Waals surface area contributed by atoms with Crippen LogP contribution in [0.1, 0.15) is 26.7 Å². The number of sulfone groups is 1. The molecule has 0 aromatic carbocycles. The number of carboxylic acid groups (broad SMARTS) is 1. The van der Waals surface area contributed by atoms with Crippen LogP contribution in [0, 0.1) is 5.41 Å². The lowest BCUT2D eigenvalue weighted by molar-refractivity contribution is -0.139. The monoisotopic (exact) mass is 265 g/mol. The van der Waals surface area contributed by atoms with E-state index in [-0.39, 0.29) is 31.0 Å². The van der Waals surface area contributed by atoms with Gasteiger partial charge in [-0.2, -0.15) is 0 Å². The van der Waals surface area contributed by atoms with Gasteiger partial charge < -0.3 is 10.4 Å². The Kier molecular flexibility index (Phi) is 5.60. The lowest BCUT2D eigenvalue weighted by atomic mass is 9.85. The van der Waals surface area contributed by atoms with Crippen molar-refractivity contribution in [1.29, 1.82) is 0 Å². The van der Waals surface area contributed by atoms with Crippen molar-refractivity contribution < 1.29 is 23.1 Å². The fourth-order valence-corrected chi connectivity index (χ4v) is 1.82. The van der Waals surface area contributed by atoms with E-state index in [9.17, 15) is 18.0 Å². The van der Waals surface area contributed by atoms with Crippen molar-refractivity contribution in [3.63, 3.8) is 0 Å². The molecule has 0 saturated carbocycles. The maximum absolute atomic E-state index is 11.4. The third-order valence-corrected chi connectivity index (χ3v) is 3.01. The van der Waals surface area contributed by atoms with Crippen LogP contribution in [-0.4, -0.2) is 44.0 Å². The zero-order valence-electron chi connectivity index (χ0n) is 10.3. The van der Waals surface area contributed by atoms with Gasteiger partial charge in [-0.3, -0.25) is 9.59 Å². The third-order valence-electron chi connectivity index (χ3n) is 2.06. The third kappa shape index (κ3) is 9.80. The maximum atomic E-state index is 11.4. The minimum atomic E-state index is -3.09. The van der Waals surface area contributed by atoms with Gasteiger partial charge in [0.25, 0.3) is 0 Å². The van der Waals surface area contributed by atoms with E-state index < -0.39 is 21.2 Å². The van der Waals surface area contributed by atoms with Crippen molar-refractivity contribution in [2.24, 2.45) is 5.41 Å². The molecule has 0 aromatic rings. The first kappa shape index (κ1) is 15.9. The van der Waals surface area contributed by atoms with Crippen molar-refractivity contribution >= 4 is 21.7 Å². The quantitative estimate of drug-likeness (QED) is 0.676. The van der Waals surface area contributed by atoms with Crippen molar-refractivity contribution in [2.45, 2.75) is 26.7 Å². The molecule has 0 aliphatic heterocycles. The summed E-state index contributed by atoms with van der Waals surface area (Å²) in [6.07, 6.45) is 1.04. The van der Waals surface area contributed by atoms with Crippen LogP contribution in [0.4, 0.5) is 0 Å². The van der Waals surface area contributed by atoms with Gasteiger partial charge in [-0.1, -0.05) is 13.8 Å². The molecule has 0 heterocycles. The molecule has 7 heteroatoms. The number of amides is 1. The summed E-state index contributed by atoms with van der Waals surface area (Å²) < 4.78 is 21.6. The molecule has 1 amide bonds. The van der Waals surface area contributed by atoms with Gasteiger partial charge >= 0.3 is 5.97 Å². The predicted molar refractivity (Wildman–Crippen MR) is 63.4 cm³/mol. The minimum Gasteiger partial charge on any atom is -0.481 e. The Morgan fingerprint density at radius 2 is 1.76 bits per heavy atom. The number of rotatable bonds is 7. The molecule has 0 aliphatic carbocycles. The van der Waals surface area contributed by atoms with Crippen molar-refractivity contribution in [1.82, 2.24) is 5.32 Å². The second-order valence-corrected chi connectivity index (χ2v) is 7.15. The number of carbonyl (C=O) groups excluding carboxylic acids is 1. The van der Waals surface area contributed by atoms with Gasteiger partial charge in [0.1, 0.15) is 9.84 Å². The molecular formula is C10H19NO5S. The Hall–Kier alpha value is -1.11. The van der Waals surface area contributed by atoms with Crippen LogP contribution in [0.5, 0.6) is 0 Å². The molecule has 0 unspecified atom stereocenters. The molecule has 0 aliphatic rings. The fourth-order valence-electron chi connectivity index (χ4n) is 1.34. The van der Waals surface area contributed by atoms with E-state index in [0.29, 0.717) is 0 Å². The van der Waals surface area contributed by atoms with Crippen LogP contribution >= 0.6 is 0 Å². The molecule has 0 spiro atoms. The first-order valence-electron chi connectivity index (χ1n) is 5.18. The van der Waals surface area contributed by atoms with Crippen LogP contribution < -0.4 is 5.32 Å². The Morgan fingerprint density at radius 3 is 2.18 bits per heavy atom. The van der Waals surface area contributed by atoms with E-state index in [1.165, 1.54) is 0 Å². The summed E-state index contributed by atoms with van der Waals surface area (Å²) in [5.74, 6) is -1.41. The van der Waals surface area contributed by atoms with Crippen molar-refractivity contribution in [2.75, 3.05) is 18.6 Å². The summed E-state index contributed by atoms with van der Waals surface area (Å²) in [5.41, 5.74) is -0.638. The molecule has 0 fully saturated rings. The van der Waals surface area contributed by atoms with Gasteiger partial charge in [-0.25, -0.2) is 8.42 Å². The maximum Gasteiger partial charge on any atom is 0.303 e. The molecule has 0 radical (unpaired) electrons. The van der Waals surface area contributed by atoms with Gasteiger partial charge in [-0.15, -0.1) is 0 Å². The van der Waals surface area contributed by atoms with Gasteiger partial charge in [0.2, 0.25) is 5.91 Å². The number of aliphatic carboxylic acids is 1. The lowest BCUT2D eigenvalue weighted by Gasteiger charge is -2.21. The first-order valence-corrected chi connectivity index (χ1v) is 7.24. The minimum absolute atomic E-state index is 0.0564. The summed E-state index contributed by atoms with van der Waals surface area (Å²) >= 11 is 0. The highest BCUT2D eigenvalue weighted by Crippen LogP contribution is 2.24. The van der Waals surface area contributed by atoms with Gasteiger partial charge in [0, 0.05) is 19.2 Å². The molecule has 100 valence electrons. The highest BCUT2D eigenvalue weighted by molar-refractivity contribution is 7.90. The zero-order valence-corrected chi connectivity index (χ0v) is 11.1. The number of nitrogens with one attached hydrogen (secondary N) is 1. The molecule has 0 bridgehead atoms. The summed E-state index contributed by atoms with van der Waals surface area (Å²) in [5, 5.41) is 11.1. The Bertz CT molecular complexity index is 386. The Balaban J connectivity index is 4.06. The molecule has 0 rings (SSSR count). The summed E-state index contributed by atoms with van der Waals surface area (Å²) in [6, 6.07) is 0. The molecule has 0 atom stereocenters. The molecule has 6 nitrogen and oxygen atoms in total. The average molecular weight is 265 g/mol. The Morgan fingerprint density at radius 1 is 1.24 bits per heavy atom. The summed E-state index contributed by atoms with van der Waals surface area (Å²) in [7, 11) is -3.09. The molecule has 17 heavy (non-hydrogen) atoms. The van der Waals surface area contributed by atoms with Crippen LogP contribution in [0.15, 0.2) is 0 Å². The van der Waals surface area contributed by atoms with Crippen LogP contribution in [0.3, 0.4) is 0 Å². The van der Waals surface area contributed by atoms with E-state index >= 15 is 0 Å². The van der Waals surface area contributed by atoms with Gasteiger partial charge in [-0.05, 0) is 5.41 Å². The second-order valence-electron chi connectivity index (χ2n) is 4.89. The van der Waals surface area contributed by atoms with E-state index in [0.717, 1.165) is 6.26 Å². The summed E-state index contributed by atoms with van der Waals surface area (Å²) in [4.78, 5) is 22.0. The summed E-state index contributed by atoms with van der Waals surface area (Å²) in [6.45, 7) is 3.41. The van der Waals surface area contributed by atoms with Crippen LogP contribution in [0.2, 0.25) is 0 Å². The highest BCUT2D eigenvalue weighted by Gasteiger charge is 2.25.